The van der Waals surface area contributed by atoms with Crippen molar-refractivity contribution in [2.75, 3.05) is 26.2 Å². The number of carboxylic acid groups (broad SMARTS) is 1. The van der Waals surface area contributed by atoms with E-state index >= 15 is 0 Å². The van der Waals surface area contributed by atoms with Gasteiger partial charge in [-0.2, -0.15) is 0 Å². The fraction of sp³-hybridized carbons (Fsp3) is 0.867. The molecular weight excluding hydrogens is 272 g/mol. The second-order valence-electron chi connectivity index (χ2n) is 6.86. The number of fused-ring (bicyclic) bond motifs is 1. The molecule has 0 radical (unpaired) electrons. The van der Waals surface area contributed by atoms with Crippen LogP contribution in [0.3, 0.4) is 0 Å². The molecule has 3 fully saturated rings. The van der Waals surface area contributed by atoms with Crippen LogP contribution in [0.25, 0.3) is 0 Å². The van der Waals surface area contributed by atoms with Gasteiger partial charge in [0.15, 0.2) is 0 Å². The van der Waals surface area contributed by atoms with Gasteiger partial charge in [0, 0.05) is 12.6 Å². The molecule has 1 N–H and O–H groups in total. The zero-order valence-corrected chi connectivity index (χ0v) is 12.6. The minimum atomic E-state index is -0.967. The van der Waals surface area contributed by atoms with E-state index in [1.54, 1.807) is 4.90 Å². The van der Waals surface area contributed by atoms with Gasteiger partial charge in [-0.05, 0) is 38.5 Å². The quantitative estimate of drug-likeness (QED) is 0.858. The van der Waals surface area contributed by atoms with Crippen LogP contribution in [-0.2, 0) is 9.53 Å². The molecule has 0 bridgehead atoms. The highest BCUT2D eigenvalue weighted by atomic mass is 16.5. The topological polar surface area (TPSA) is 70.1 Å². The summed E-state index contributed by atoms with van der Waals surface area (Å²) in [6.45, 7) is 3.42. The van der Waals surface area contributed by atoms with Crippen molar-refractivity contribution < 1.29 is 19.4 Å². The van der Waals surface area contributed by atoms with Crippen molar-refractivity contribution in [3.05, 3.63) is 0 Å². The van der Waals surface area contributed by atoms with Gasteiger partial charge in [0.25, 0.3) is 0 Å². The molecule has 2 unspecified atom stereocenters. The molecule has 1 saturated carbocycles. The van der Waals surface area contributed by atoms with E-state index in [0.29, 0.717) is 25.0 Å². The Morgan fingerprint density at radius 1 is 1.24 bits per heavy atom. The normalized spacial score (nSPS) is 30.7. The molecule has 2 atom stereocenters. The third-order valence-electron chi connectivity index (χ3n) is 5.10. The molecule has 0 spiro atoms. The van der Waals surface area contributed by atoms with E-state index in [9.17, 15) is 9.59 Å². The predicted octanol–water partition coefficient (Wildman–Crippen LogP) is 1.55. The van der Waals surface area contributed by atoms with E-state index in [1.165, 1.54) is 19.3 Å². The number of amides is 2. The van der Waals surface area contributed by atoms with Gasteiger partial charge >= 0.3 is 12.0 Å². The number of aliphatic carboxylic acids is 1. The Morgan fingerprint density at radius 2 is 1.95 bits per heavy atom. The Balaban J connectivity index is 1.54. The Morgan fingerprint density at radius 3 is 2.67 bits per heavy atom. The first-order valence-corrected chi connectivity index (χ1v) is 7.90. The van der Waals surface area contributed by atoms with E-state index in [1.807, 2.05) is 6.92 Å². The summed E-state index contributed by atoms with van der Waals surface area (Å²) < 4.78 is 5.37. The number of piperidine rings is 1. The number of hydrogen-bond donors (Lipinski definition) is 1. The Hall–Kier alpha value is -1.30. The molecular formula is C15H24N2O4. The smallest absolute Gasteiger partial charge is 0.329 e. The molecule has 2 heterocycles. The van der Waals surface area contributed by atoms with Gasteiger partial charge in [-0.3, -0.25) is 0 Å². The maximum atomic E-state index is 12.6. The Bertz CT molecular complexity index is 433. The molecule has 2 aliphatic heterocycles. The molecule has 118 valence electrons. The molecule has 3 aliphatic rings. The number of nitrogens with zero attached hydrogens (tertiary/aromatic N) is 2. The number of carbonyl (C=O) groups is 2. The number of carbonyl (C=O) groups excluding carboxylic acids is 1. The van der Waals surface area contributed by atoms with E-state index in [2.05, 4.69) is 4.90 Å². The number of ether oxygens (including phenoxy) is 1. The summed E-state index contributed by atoms with van der Waals surface area (Å²) in [5, 5.41) is 8.66. The van der Waals surface area contributed by atoms with Crippen LogP contribution in [0.15, 0.2) is 0 Å². The van der Waals surface area contributed by atoms with Crippen LogP contribution in [0, 0.1) is 5.92 Å². The summed E-state index contributed by atoms with van der Waals surface area (Å²) in [7, 11) is 0. The van der Waals surface area contributed by atoms with E-state index < -0.39 is 11.6 Å². The number of carboxylic acids is 1. The van der Waals surface area contributed by atoms with Crippen LogP contribution in [0.4, 0.5) is 4.79 Å². The van der Waals surface area contributed by atoms with Gasteiger partial charge in [-0.1, -0.05) is 6.42 Å². The molecule has 1 aliphatic carbocycles. The molecule has 21 heavy (non-hydrogen) atoms. The first kappa shape index (κ1) is 14.6. The fourth-order valence-corrected chi connectivity index (χ4v) is 4.10. The lowest BCUT2D eigenvalue weighted by molar-refractivity contribution is -0.160. The van der Waals surface area contributed by atoms with Gasteiger partial charge in [0.05, 0.1) is 13.1 Å². The van der Waals surface area contributed by atoms with Crippen LogP contribution < -0.4 is 0 Å². The van der Waals surface area contributed by atoms with Gasteiger partial charge in [-0.25, -0.2) is 9.59 Å². The molecule has 2 amide bonds. The van der Waals surface area contributed by atoms with Crippen LogP contribution in [0.2, 0.25) is 0 Å². The van der Waals surface area contributed by atoms with Gasteiger partial charge in [0.2, 0.25) is 0 Å². The van der Waals surface area contributed by atoms with Crippen LogP contribution in [0.1, 0.15) is 39.0 Å². The van der Waals surface area contributed by atoms with E-state index in [4.69, 9.17) is 9.84 Å². The Labute approximate surface area is 125 Å². The minimum absolute atomic E-state index is 0.114. The van der Waals surface area contributed by atoms with Crippen molar-refractivity contribution in [1.29, 1.82) is 0 Å². The lowest BCUT2D eigenvalue weighted by atomic mass is 9.91. The predicted molar refractivity (Wildman–Crippen MR) is 76.0 cm³/mol. The summed E-state index contributed by atoms with van der Waals surface area (Å²) >= 11 is 0. The Kier molecular flexibility index (Phi) is 3.82. The zero-order chi connectivity index (χ0) is 15.0. The standard InChI is InChI=1S/C15H24N2O4/c1-15(21-8-13(18)19)9-16(10-15)14(20)17-7-3-5-11-4-2-6-12(11)17/h11-12H,2-10H2,1H3,(H,18,19). The summed E-state index contributed by atoms with van der Waals surface area (Å²) in [6, 6.07) is 0.543. The number of likely N-dealkylation sites (tertiary alicyclic amines) is 2. The average Bonchev–Trinajstić information content (AvgIpc) is 2.89. The van der Waals surface area contributed by atoms with Gasteiger partial charge < -0.3 is 19.6 Å². The van der Waals surface area contributed by atoms with Crippen molar-refractivity contribution >= 4 is 12.0 Å². The molecule has 3 rings (SSSR count). The van der Waals surface area contributed by atoms with Crippen molar-refractivity contribution in [3.63, 3.8) is 0 Å². The lowest BCUT2D eigenvalue weighted by Gasteiger charge is -2.50. The third-order valence-corrected chi connectivity index (χ3v) is 5.10. The summed E-state index contributed by atoms with van der Waals surface area (Å²) in [6.07, 6.45) is 5.99. The summed E-state index contributed by atoms with van der Waals surface area (Å²) in [5.41, 5.74) is -0.501. The first-order valence-electron chi connectivity index (χ1n) is 7.90. The molecule has 0 aromatic rings. The number of hydrogen-bond acceptors (Lipinski definition) is 3. The fourth-order valence-electron chi connectivity index (χ4n) is 4.10. The second-order valence-corrected chi connectivity index (χ2v) is 6.86. The lowest BCUT2D eigenvalue weighted by Crippen LogP contribution is -2.67. The summed E-state index contributed by atoms with van der Waals surface area (Å²) in [5.74, 6) is -0.274. The van der Waals surface area contributed by atoms with E-state index in [-0.39, 0.29) is 12.6 Å². The third kappa shape index (κ3) is 2.86. The van der Waals surface area contributed by atoms with Gasteiger partial charge in [-0.15, -0.1) is 0 Å². The van der Waals surface area contributed by atoms with Crippen molar-refractivity contribution in [1.82, 2.24) is 9.80 Å². The zero-order valence-electron chi connectivity index (χ0n) is 12.6. The molecule has 6 heteroatoms. The number of urea groups is 1. The highest BCUT2D eigenvalue weighted by molar-refractivity contribution is 5.76. The summed E-state index contributed by atoms with van der Waals surface area (Å²) in [4.78, 5) is 27.0. The molecule has 6 nitrogen and oxygen atoms in total. The second kappa shape index (κ2) is 5.48. The maximum Gasteiger partial charge on any atom is 0.329 e. The van der Waals surface area contributed by atoms with Crippen LogP contribution >= 0.6 is 0 Å². The van der Waals surface area contributed by atoms with E-state index in [0.717, 1.165) is 19.4 Å². The monoisotopic (exact) mass is 296 g/mol. The van der Waals surface area contributed by atoms with Crippen molar-refractivity contribution in [3.8, 4) is 0 Å². The maximum absolute atomic E-state index is 12.6. The molecule has 0 aromatic heterocycles. The van der Waals surface area contributed by atoms with Crippen molar-refractivity contribution in [2.45, 2.75) is 50.7 Å². The number of rotatable bonds is 3. The highest BCUT2D eigenvalue weighted by Gasteiger charge is 2.46. The highest BCUT2D eigenvalue weighted by Crippen LogP contribution is 2.38. The molecule has 2 saturated heterocycles. The van der Waals surface area contributed by atoms with Crippen LogP contribution in [0.5, 0.6) is 0 Å². The van der Waals surface area contributed by atoms with Crippen LogP contribution in [-0.4, -0.2) is 64.8 Å². The average molecular weight is 296 g/mol. The minimum Gasteiger partial charge on any atom is -0.480 e. The molecule has 0 aromatic carbocycles. The van der Waals surface area contributed by atoms with Crippen molar-refractivity contribution in [2.24, 2.45) is 5.92 Å². The largest absolute Gasteiger partial charge is 0.480 e. The first-order chi connectivity index (χ1) is 9.98. The van der Waals surface area contributed by atoms with Gasteiger partial charge in [0.1, 0.15) is 12.2 Å². The SMILES string of the molecule is CC1(OCC(=O)O)CN(C(=O)N2CCCC3CCCC32)C1.